The molecule has 96 valence electrons. The average Bonchev–Trinajstić information content (AvgIpc) is 2.45. The van der Waals surface area contributed by atoms with Gasteiger partial charge in [0, 0.05) is 11.1 Å². The van der Waals surface area contributed by atoms with E-state index in [0.29, 0.717) is 0 Å². The van der Waals surface area contributed by atoms with Gasteiger partial charge in [0.2, 0.25) is 0 Å². The van der Waals surface area contributed by atoms with Gasteiger partial charge < -0.3 is 0 Å². The lowest BCUT2D eigenvalue weighted by molar-refractivity contribution is 0.103. The summed E-state index contributed by atoms with van der Waals surface area (Å²) in [7, 11) is 0. The molecule has 2 aromatic rings. The maximum Gasteiger partial charge on any atom is 0.193 e. The van der Waals surface area contributed by atoms with Crippen LogP contribution in [0, 0.1) is 0 Å². The summed E-state index contributed by atoms with van der Waals surface area (Å²) in [6, 6.07) is 14.3. The molecule has 1 heteroatoms. The van der Waals surface area contributed by atoms with Gasteiger partial charge in [-0.2, -0.15) is 0 Å². The molecule has 0 spiro atoms. The van der Waals surface area contributed by atoms with E-state index in [2.05, 4.69) is 31.2 Å². The molecule has 0 radical (unpaired) electrons. The number of carbonyl (C=O) groups is 1. The van der Waals surface area contributed by atoms with E-state index in [1.807, 2.05) is 18.2 Å². The molecule has 0 aromatic heterocycles. The third-order valence-electron chi connectivity index (χ3n) is 3.91. The number of rotatable bonds is 3. The molecule has 1 aliphatic carbocycles. The Bertz CT molecular complexity index is 625. The van der Waals surface area contributed by atoms with Crippen LogP contribution in [0.3, 0.4) is 0 Å². The average molecular weight is 250 g/mol. The Morgan fingerprint density at radius 3 is 2.63 bits per heavy atom. The number of fused-ring (bicyclic) bond motifs is 2. The molecule has 3 rings (SSSR count). The molecular formula is C18H18O. The van der Waals surface area contributed by atoms with Gasteiger partial charge in [0.15, 0.2) is 5.78 Å². The molecule has 0 saturated carbocycles. The first kappa shape index (κ1) is 12.2. The molecule has 0 amide bonds. The molecule has 0 N–H and O–H groups in total. The summed E-state index contributed by atoms with van der Waals surface area (Å²) in [6.45, 7) is 2.19. The normalized spacial score (nSPS) is 13.0. The van der Waals surface area contributed by atoms with Crippen LogP contribution in [-0.2, 0) is 12.8 Å². The quantitative estimate of drug-likeness (QED) is 0.682. The van der Waals surface area contributed by atoms with E-state index in [9.17, 15) is 4.79 Å². The monoisotopic (exact) mass is 250 g/mol. The zero-order chi connectivity index (χ0) is 13.2. The first-order valence-corrected chi connectivity index (χ1v) is 7.04. The van der Waals surface area contributed by atoms with E-state index in [4.69, 9.17) is 0 Å². The van der Waals surface area contributed by atoms with E-state index < -0.39 is 0 Å². The maximum atomic E-state index is 12.7. The summed E-state index contributed by atoms with van der Waals surface area (Å²) in [5.41, 5.74) is 5.43. The Hall–Kier alpha value is -1.89. The van der Waals surface area contributed by atoms with Gasteiger partial charge in [-0.1, -0.05) is 55.8 Å². The van der Waals surface area contributed by atoms with E-state index >= 15 is 0 Å². The zero-order valence-corrected chi connectivity index (χ0v) is 11.3. The van der Waals surface area contributed by atoms with Crippen molar-refractivity contribution in [2.45, 2.75) is 32.6 Å². The standard InChI is InChI=1S/C18H18O/c1-2-3-7-13-9-6-10-15-12-14-8-4-5-11-16(14)18(19)17(13)15/h4-6,8-11H,2-3,7,12H2,1H3. The van der Waals surface area contributed by atoms with Gasteiger partial charge in [-0.3, -0.25) is 4.79 Å². The van der Waals surface area contributed by atoms with Crippen molar-refractivity contribution in [2.75, 3.05) is 0 Å². The third-order valence-corrected chi connectivity index (χ3v) is 3.91. The molecule has 0 heterocycles. The first-order chi connectivity index (χ1) is 9.31. The number of hydrogen-bond acceptors (Lipinski definition) is 1. The van der Waals surface area contributed by atoms with Gasteiger partial charge in [0.1, 0.15) is 0 Å². The number of ketones is 1. The van der Waals surface area contributed by atoms with E-state index in [1.165, 1.54) is 11.1 Å². The lowest BCUT2D eigenvalue weighted by Crippen LogP contribution is -2.17. The van der Waals surface area contributed by atoms with Gasteiger partial charge in [0.25, 0.3) is 0 Å². The third kappa shape index (κ3) is 2.10. The van der Waals surface area contributed by atoms with Crippen LogP contribution in [0.1, 0.15) is 52.4 Å². The van der Waals surface area contributed by atoms with Gasteiger partial charge in [-0.15, -0.1) is 0 Å². The fourth-order valence-electron chi connectivity index (χ4n) is 2.90. The second kappa shape index (κ2) is 5.00. The van der Waals surface area contributed by atoms with Crippen LogP contribution in [0.25, 0.3) is 0 Å². The maximum absolute atomic E-state index is 12.7. The van der Waals surface area contributed by atoms with Gasteiger partial charge in [0.05, 0.1) is 0 Å². The molecule has 1 nitrogen and oxygen atoms in total. The molecule has 0 saturated heterocycles. The minimum Gasteiger partial charge on any atom is -0.289 e. The second-order valence-corrected chi connectivity index (χ2v) is 5.22. The predicted molar refractivity (Wildman–Crippen MR) is 77.7 cm³/mol. The summed E-state index contributed by atoms with van der Waals surface area (Å²) in [6.07, 6.45) is 4.20. The molecule has 0 atom stereocenters. The Balaban J connectivity index is 2.08. The highest BCUT2D eigenvalue weighted by atomic mass is 16.1. The Kier molecular flexibility index (Phi) is 3.20. The van der Waals surface area contributed by atoms with Crippen molar-refractivity contribution in [2.24, 2.45) is 0 Å². The van der Waals surface area contributed by atoms with Crippen LogP contribution < -0.4 is 0 Å². The largest absolute Gasteiger partial charge is 0.289 e. The zero-order valence-electron chi connectivity index (χ0n) is 11.3. The summed E-state index contributed by atoms with van der Waals surface area (Å²) in [5.74, 6) is 0.212. The van der Waals surface area contributed by atoms with Crippen molar-refractivity contribution < 1.29 is 4.79 Å². The van der Waals surface area contributed by atoms with Crippen molar-refractivity contribution in [3.8, 4) is 0 Å². The van der Waals surface area contributed by atoms with E-state index in [-0.39, 0.29) is 5.78 Å². The lowest BCUT2D eigenvalue weighted by atomic mass is 9.82. The van der Waals surface area contributed by atoms with E-state index in [0.717, 1.165) is 42.4 Å². The Morgan fingerprint density at radius 2 is 1.79 bits per heavy atom. The van der Waals surface area contributed by atoms with Crippen molar-refractivity contribution >= 4 is 5.78 Å². The lowest BCUT2D eigenvalue weighted by Gasteiger charge is -2.21. The fourth-order valence-corrected chi connectivity index (χ4v) is 2.90. The minimum atomic E-state index is 0.212. The smallest absolute Gasteiger partial charge is 0.193 e. The van der Waals surface area contributed by atoms with E-state index in [1.54, 1.807) is 0 Å². The number of benzene rings is 2. The molecule has 2 aromatic carbocycles. The molecule has 19 heavy (non-hydrogen) atoms. The fraction of sp³-hybridized carbons (Fsp3) is 0.278. The van der Waals surface area contributed by atoms with Crippen molar-refractivity contribution in [1.29, 1.82) is 0 Å². The predicted octanol–water partition coefficient (Wildman–Crippen LogP) is 4.16. The Morgan fingerprint density at radius 1 is 1.00 bits per heavy atom. The molecule has 1 aliphatic rings. The van der Waals surface area contributed by atoms with Gasteiger partial charge in [-0.25, -0.2) is 0 Å². The van der Waals surface area contributed by atoms with Crippen LogP contribution in [0.4, 0.5) is 0 Å². The first-order valence-electron chi connectivity index (χ1n) is 7.04. The number of unbranched alkanes of at least 4 members (excludes halogenated alkanes) is 1. The topological polar surface area (TPSA) is 17.1 Å². The van der Waals surface area contributed by atoms with Crippen LogP contribution in [0.2, 0.25) is 0 Å². The highest BCUT2D eigenvalue weighted by Crippen LogP contribution is 2.29. The molecular weight excluding hydrogens is 232 g/mol. The molecule has 0 unspecified atom stereocenters. The Labute approximate surface area is 114 Å². The summed E-state index contributed by atoms with van der Waals surface area (Å²) in [4.78, 5) is 12.7. The summed E-state index contributed by atoms with van der Waals surface area (Å²) in [5, 5.41) is 0. The molecule has 0 bridgehead atoms. The highest BCUT2D eigenvalue weighted by Gasteiger charge is 2.24. The number of hydrogen-bond donors (Lipinski definition) is 0. The second-order valence-electron chi connectivity index (χ2n) is 5.22. The number of aryl methyl sites for hydroxylation is 1. The summed E-state index contributed by atoms with van der Waals surface area (Å²) < 4.78 is 0. The van der Waals surface area contributed by atoms with Gasteiger partial charge in [-0.05, 0) is 36.0 Å². The minimum absolute atomic E-state index is 0.212. The van der Waals surface area contributed by atoms with Crippen molar-refractivity contribution in [3.63, 3.8) is 0 Å². The SMILES string of the molecule is CCCCc1cccc2c1C(=O)c1ccccc1C2. The van der Waals surface area contributed by atoms with Crippen LogP contribution in [0.15, 0.2) is 42.5 Å². The highest BCUT2D eigenvalue weighted by molar-refractivity contribution is 6.13. The van der Waals surface area contributed by atoms with Crippen LogP contribution in [-0.4, -0.2) is 5.78 Å². The van der Waals surface area contributed by atoms with Crippen molar-refractivity contribution in [3.05, 3.63) is 70.3 Å². The summed E-state index contributed by atoms with van der Waals surface area (Å²) >= 11 is 0. The van der Waals surface area contributed by atoms with Crippen LogP contribution in [0.5, 0.6) is 0 Å². The molecule has 0 aliphatic heterocycles. The van der Waals surface area contributed by atoms with Crippen molar-refractivity contribution in [1.82, 2.24) is 0 Å². The number of carbonyl (C=O) groups excluding carboxylic acids is 1. The van der Waals surface area contributed by atoms with Crippen LogP contribution >= 0.6 is 0 Å². The van der Waals surface area contributed by atoms with Gasteiger partial charge >= 0.3 is 0 Å². The molecule has 0 fully saturated rings.